The van der Waals surface area contributed by atoms with Gasteiger partial charge in [-0.15, -0.1) is 0 Å². The number of halogens is 1. The fourth-order valence-corrected chi connectivity index (χ4v) is 3.72. The largest absolute Gasteiger partial charge is 0.507 e. The lowest BCUT2D eigenvalue weighted by molar-refractivity contribution is 0.0681. The number of carbonyl (C=O) groups is 2. The molecule has 0 atom stereocenters. The molecule has 0 saturated heterocycles. The number of aromatic hydroxyl groups is 2. The minimum atomic E-state index is -1.09. The van der Waals surface area contributed by atoms with Crippen molar-refractivity contribution in [2.75, 3.05) is 0 Å². The van der Waals surface area contributed by atoms with Gasteiger partial charge in [-0.2, -0.15) is 0 Å². The molecule has 2 aromatic rings. The molecular weight excluding hydrogens is 511 g/mol. The van der Waals surface area contributed by atoms with E-state index < -0.39 is 11.9 Å². The van der Waals surface area contributed by atoms with E-state index in [1.807, 2.05) is 47.6 Å². The van der Waals surface area contributed by atoms with Crippen LogP contribution in [0.1, 0.15) is 84.5 Å². The molecule has 170 valence electrons. The van der Waals surface area contributed by atoms with E-state index in [0.717, 1.165) is 3.57 Å². The Morgan fingerprint density at radius 3 is 1.58 bits per heavy atom. The molecule has 0 saturated carbocycles. The number of carboxylic acids is 2. The summed E-state index contributed by atoms with van der Waals surface area (Å²) in [7, 11) is 0. The molecular formula is C24H31IO6. The molecule has 2 aromatic carbocycles. The van der Waals surface area contributed by atoms with Gasteiger partial charge in [0.1, 0.15) is 22.6 Å². The standard InChI is InChI=1S/C12H15IO3.C12H16O3/c1-6-8(13)5-7(12(2,3)4)10(14)9(6)11(15)16;1-7-5-6-8(12(2,3)4)10(13)9(7)11(14)15/h5,14H,1-4H3,(H,15,16);5-6,13H,1-4H3,(H,14,15). The monoisotopic (exact) mass is 542 g/mol. The van der Waals surface area contributed by atoms with Gasteiger partial charge in [0.25, 0.3) is 0 Å². The number of rotatable bonds is 2. The van der Waals surface area contributed by atoms with Gasteiger partial charge in [0.2, 0.25) is 0 Å². The Morgan fingerprint density at radius 2 is 1.19 bits per heavy atom. The van der Waals surface area contributed by atoms with Crippen LogP contribution in [0, 0.1) is 17.4 Å². The third kappa shape index (κ3) is 6.12. The highest BCUT2D eigenvalue weighted by Crippen LogP contribution is 2.37. The fraction of sp³-hybridized carbons (Fsp3) is 0.417. The predicted octanol–water partition coefficient (Wildman–Crippen LogP) is 6.00. The van der Waals surface area contributed by atoms with Gasteiger partial charge >= 0.3 is 11.9 Å². The number of carboxylic acid groups (broad SMARTS) is 2. The van der Waals surface area contributed by atoms with Gasteiger partial charge < -0.3 is 20.4 Å². The zero-order chi connectivity index (χ0) is 24.5. The summed E-state index contributed by atoms with van der Waals surface area (Å²) >= 11 is 2.09. The van der Waals surface area contributed by atoms with Crippen molar-refractivity contribution in [2.45, 2.75) is 66.2 Å². The van der Waals surface area contributed by atoms with Gasteiger partial charge in [0, 0.05) is 14.7 Å². The van der Waals surface area contributed by atoms with E-state index in [4.69, 9.17) is 10.2 Å². The van der Waals surface area contributed by atoms with E-state index in [1.54, 1.807) is 26.0 Å². The summed E-state index contributed by atoms with van der Waals surface area (Å²) in [6.45, 7) is 15.0. The first-order chi connectivity index (χ1) is 13.9. The SMILES string of the molecule is Cc1c(I)cc(C(C)(C)C)c(O)c1C(=O)O.Cc1ccc(C(C)(C)C)c(O)c1C(=O)O. The van der Waals surface area contributed by atoms with Crippen LogP contribution in [0.3, 0.4) is 0 Å². The van der Waals surface area contributed by atoms with E-state index in [9.17, 15) is 19.8 Å². The minimum Gasteiger partial charge on any atom is -0.507 e. The number of hydrogen-bond donors (Lipinski definition) is 4. The molecule has 0 bridgehead atoms. The van der Waals surface area contributed by atoms with Crippen LogP contribution in [0.2, 0.25) is 0 Å². The first kappa shape index (κ1) is 26.7. The van der Waals surface area contributed by atoms with Crippen molar-refractivity contribution in [3.05, 3.63) is 55.1 Å². The Morgan fingerprint density at radius 1 is 0.774 bits per heavy atom. The molecule has 0 radical (unpaired) electrons. The lowest BCUT2D eigenvalue weighted by atomic mass is 9.84. The number of phenols is 2. The molecule has 31 heavy (non-hydrogen) atoms. The molecule has 7 heteroatoms. The van der Waals surface area contributed by atoms with Crippen LogP contribution in [0.15, 0.2) is 18.2 Å². The smallest absolute Gasteiger partial charge is 0.339 e. The Labute approximate surface area is 197 Å². The van der Waals surface area contributed by atoms with Crippen molar-refractivity contribution in [3.8, 4) is 11.5 Å². The molecule has 0 aliphatic carbocycles. The lowest BCUT2D eigenvalue weighted by Gasteiger charge is -2.22. The molecule has 6 nitrogen and oxygen atoms in total. The van der Waals surface area contributed by atoms with E-state index >= 15 is 0 Å². The molecule has 2 rings (SSSR count). The van der Waals surface area contributed by atoms with Crippen molar-refractivity contribution in [3.63, 3.8) is 0 Å². The summed E-state index contributed by atoms with van der Waals surface area (Å²) < 4.78 is 0.859. The molecule has 0 amide bonds. The van der Waals surface area contributed by atoms with Crippen molar-refractivity contribution in [1.82, 2.24) is 0 Å². The van der Waals surface area contributed by atoms with Crippen LogP contribution in [0.4, 0.5) is 0 Å². The normalized spacial score (nSPS) is 11.5. The Kier molecular flexibility index (Phi) is 8.16. The first-order valence-corrected chi connectivity index (χ1v) is 10.8. The van der Waals surface area contributed by atoms with Crippen LogP contribution in [0.25, 0.3) is 0 Å². The Hall–Kier alpha value is -2.29. The van der Waals surface area contributed by atoms with E-state index in [1.165, 1.54) is 0 Å². The number of hydrogen-bond acceptors (Lipinski definition) is 4. The van der Waals surface area contributed by atoms with Crippen LogP contribution in [0.5, 0.6) is 11.5 Å². The second-order valence-electron chi connectivity index (χ2n) is 9.52. The van der Waals surface area contributed by atoms with Crippen molar-refractivity contribution in [2.24, 2.45) is 0 Å². The maximum absolute atomic E-state index is 11.1. The second kappa shape index (κ2) is 9.46. The van der Waals surface area contributed by atoms with Crippen LogP contribution < -0.4 is 0 Å². The molecule has 0 heterocycles. The van der Waals surface area contributed by atoms with Crippen LogP contribution in [-0.4, -0.2) is 32.4 Å². The lowest BCUT2D eigenvalue weighted by Crippen LogP contribution is -2.15. The molecule has 0 aliphatic rings. The van der Waals surface area contributed by atoms with Crippen molar-refractivity contribution in [1.29, 1.82) is 0 Å². The van der Waals surface area contributed by atoms with Gasteiger partial charge in [-0.25, -0.2) is 9.59 Å². The number of aromatic carboxylic acids is 2. The third-order valence-corrected chi connectivity index (χ3v) is 6.05. The highest BCUT2D eigenvalue weighted by Gasteiger charge is 2.26. The molecule has 0 spiro atoms. The Balaban J connectivity index is 0.000000311. The fourth-order valence-electron chi connectivity index (χ4n) is 3.14. The average Bonchev–Trinajstić information content (AvgIpc) is 2.56. The first-order valence-electron chi connectivity index (χ1n) is 9.73. The van der Waals surface area contributed by atoms with Crippen LogP contribution in [-0.2, 0) is 10.8 Å². The highest BCUT2D eigenvalue weighted by molar-refractivity contribution is 14.1. The predicted molar refractivity (Wildman–Crippen MR) is 130 cm³/mol. The van der Waals surface area contributed by atoms with Crippen LogP contribution >= 0.6 is 22.6 Å². The second-order valence-corrected chi connectivity index (χ2v) is 10.7. The third-order valence-electron chi connectivity index (χ3n) is 4.93. The molecule has 0 unspecified atom stereocenters. The van der Waals surface area contributed by atoms with E-state index in [0.29, 0.717) is 22.3 Å². The maximum atomic E-state index is 11.1. The number of aryl methyl sites for hydroxylation is 1. The molecule has 4 N–H and O–H groups in total. The summed E-state index contributed by atoms with van der Waals surface area (Å²) in [6, 6.07) is 5.35. The summed E-state index contributed by atoms with van der Waals surface area (Å²) in [5.41, 5.74) is 1.99. The van der Waals surface area contributed by atoms with Crippen molar-refractivity contribution < 1.29 is 30.0 Å². The van der Waals surface area contributed by atoms with Gasteiger partial charge in [-0.3, -0.25) is 0 Å². The Bertz CT molecular complexity index is 1010. The summed E-state index contributed by atoms with van der Waals surface area (Å²) in [4.78, 5) is 22.1. The van der Waals surface area contributed by atoms with Crippen molar-refractivity contribution >= 4 is 34.5 Å². The highest BCUT2D eigenvalue weighted by atomic mass is 127. The molecule has 0 aromatic heterocycles. The minimum absolute atomic E-state index is 0.00225. The summed E-state index contributed by atoms with van der Waals surface area (Å²) in [6.07, 6.45) is 0. The zero-order valence-electron chi connectivity index (χ0n) is 19.2. The summed E-state index contributed by atoms with van der Waals surface area (Å²) in [5.74, 6) is -2.40. The average molecular weight is 542 g/mol. The number of benzene rings is 2. The topological polar surface area (TPSA) is 115 Å². The van der Waals surface area contributed by atoms with E-state index in [-0.39, 0.29) is 33.5 Å². The maximum Gasteiger partial charge on any atom is 0.339 e. The van der Waals surface area contributed by atoms with Gasteiger partial charge in [-0.1, -0.05) is 53.7 Å². The zero-order valence-corrected chi connectivity index (χ0v) is 21.4. The van der Waals surface area contributed by atoms with Gasteiger partial charge in [0.05, 0.1) is 0 Å². The van der Waals surface area contributed by atoms with E-state index in [2.05, 4.69) is 22.6 Å². The van der Waals surface area contributed by atoms with Gasteiger partial charge in [0.15, 0.2) is 0 Å². The summed E-state index contributed by atoms with van der Waals surface area (Å²) in [5, 5.41) is 38.0. The van der Waals surface area contributed by atoms with Gasteiger partial charge in [-0.05, 0) is 64.5 Å². The molecule has 0 fully saturated rings. The quantitative estimate of drug-likeness (QED) is 0.346. The molecule has 0 aliphatic heterocycles.